The van der Waals surface area contributed by atoms with Gasteiger partial charge in [0.1, 0.15) is 6.33 Å². The van der Waals surface area contributed by atoms with Crippen LogP contribution >= 0.6 is 0 Å². The van der Waals surface area contributed by atoms with Crippen LogP contribution in [0.3, 0.4) is 0 Å². The van der Waals surface area contributed by atoms with Gasteiger partial charge in [0.2, 0.25) is 5.91 Å². The lowest BCUT2D eigenvalue weighted by Crippen LogP contribution is -2.23. The van der Waals surface area contributed by atoms with Crippen LogP contribution in [0, 0.1) is 0 Å². The second-order valence-electron chi connectivity index (χ2n) is 7.30. The summed E-state index contributed by atoms with van der Waals surface area (Å²) in [5.74, 6) is -0.0282. The molecule has 6 nitrogen and oxygen atoms in total. The van der Waals surface area contributed by atoms with E-state index in [4.69, 9.17) is 0 Å². The molecule has 30 heavy (non-hydrogen) atoms. The van der Waals surface area contributed by atoms with Crippen LogP contribution < -0.4 is 10.2 Å². The van der Waals surface area contributed by atoms with Crippen molar-refractivity contribution in [3.63, 3.8) is 0 Å². The van der Waals surface area contributed by atoms with Crippen molar-refractivity contribution in [3.8, 4) is 5.69 Å². The molecule has 2 heterocycles. The summed E-state index contributed by atoms with van der Waals surface area (Å²) in [6.07, 6.45) is 3.28. The van der Waals surface area contributed by atoms with Crippen LogP contribution in [-0.4, -0.2) is 27.9 Å². The Bertz CT molecular complexity index is 1230. The minimum Gasteiger partial charge on any atom is -0.322 e. The van der Waals surface area contributed by atoms with E-state index in [1.54, 1.807) is 23.4 Å². The van der Waals surface area contributed by atoms with E-state index in [0.717, 1.165) is 35.4 Å². The molecular formula is C24H20N4O2. The monoisotopic (exact) mass is 396 g/mol. The average molecular weight is 396 g/mol. The van der Waals surface area contributed by atoms with Crippen molar-refractivity contribution >= 4 is 34.2 Å². The first-order valence-corrected chi connectivity index (χ1v) is 9.93. The zero-order valence-electron chi connectivity index (χ0n) is 16.3. The van der Waals surface area contributed by atoms with Gasteiger partial charge in [-0.25, -0.2) is 4.98 Å². The van der Waals surface area contributed by atoms with Crippen LogP contribution in [0.5, 0.6) is 0 Å². The first-order valence-electron chi connectivity index (χ1n) is 9.93. The lowest BCUT2D eigenvalue weighted by Gasteiger charge is -2.16. The van der Waals surface area contributed by atoms with Gasteiger partial charge in [-0.3, -0.25) is 14.2 Å². The summed E-state index contributed by atoms with van der Waals surface area (Å²) in [6, 6.07) is 22.7. The van der Waals surface area contributed by atoms with E-state index in [9.17, 15) is 9.59 Å². The molecule has 1 aliphatic heterocycles. The standard InChI is InChI=1S/C24H20N4O2/c29-23-6-3-15-27(23)19-13-9-18(10-14-19)26-24(30)17-7-11-20(12-8-17)28-16-25-21-4-1-2-5-22(21)28/h1-2,4-5,7-14,16H,3,6,15H2,(H,26,30). The molecule has 5 rings (SSSR count). The summed E-state index contributed by atoms with van der Waals surface area (Å²) in [5, 5.41) is 2.91. The fraction of sp³-hybridized carbons (Fsp3) is 0.125. The Labute approximate surface area is 173 Å². The highest BCUT2D eigenvalue weighted by atomic mass is 16.2. The Hall–Kier alpha value is -3.93. The molecule has 0 radical (unpaired) electrons. The summed E-state index contributed by atoms with van der Waals surface area (Å²) >= 11 is 0. The van der Waals surface area contributed by atoms with Crippen molar-refractivity contribution in [2.75, 3.05) is 16.8 Å². The second kappa shape index (κ2) is 7.48. The number of imidazole rings is 1. The molecule has 148 valence electrons. The number of aromatic nitrogens is 2. The minimum atomic E-state index is -0.179. The van der Waals surface area contributed by atoms with Gasteiger partial charge in [-0.15, -0.1) is 0 Å². The van der Waals surface area contributed by atoms with E-state index >= 15 is 0 Å². The van der Waals surface area contributed by atoms with Crippen molar-refractivity contribution in [1.82, 2.24) is 9.55 Å². The predicted octanol–water partition coefficient (Wildman–Crippen LogP) is 4.40. The van der Waals surface area contributed by atoms with Gasteiger partial charge in [0.25, 0.3) is 5.91 Å². The normalized spacial score (nSPS) is 13.7. The fourth-order valence-electron chi connectivity index (χ4n) is 3.79. The molecule has 0 atom stereocenters. The number of hydrogen-bond acceptors (Lipinski definition) is 3. The number of nitrogens with one attached hydrogen (secondary N) is 1. The molecule has 1 N–H and O–H groups in total. The molecule has 4 aromatic rings. The van der Waals surface area contributed by atoms with E-state index in [0.29, 0.717) is 17.7 Å². The van der Waals surface area contributed by atoms with Crippen LogP contribution in [0.1, 0.15) is 23.2 Å². The Morgan fingerprint density at radius 3 is 2.37 bits per heavy atom. The summed E-state index contributed by atoms with van der Waals surface area (Å²) in [7, 11) is 0. The molecule has 2 amide bonds. The lowest BCUT2D eigenvalue weighted by molar-refractivity contribution is -0.117. The molecule has 3 aromatic carbocycles. The molecule has 0 spiro atoms. The maximum Gasteiger partial charge on any atom is 0.255 e. The van der Waals surface area contributed by atoms with E-state index in [1.807, 2.05) is 65.2 Å². The van der Waals surface area contributed by atoms with Crippen molar-refractivity contribution in [2.24, 2.45) is 0 Å². The highest BCUT2D eigenvalue weighted by Gasteiger charge is 2.21. The minimum absolute atomic E-state index is 0.151. The van der Waals surface area contributed by atoms with Gasteiger partial charge in [-0.05, 0) is 67.1 Å². The van der Waals surface area contributed by atoms with Crippen LogP contribution in [0.4, 0.5) is 11.4 Å². The van der Waals surface area contributed by atoms with Gasteiger partial charge in [0, 0.05) is 35.6 Å². The molecule has 1 aromatic heterocycles. The van der Waals surface area contributed by atoms with E-state index in [1.165, 1.54) is 0 Å². The van der Waals surface area contributed by atoms with Crippen molar-refractivity contribution in [2.45, 2.75) is 12.8 Å². The topological polar surface area (TPSA) is 67.2 Å². The SMILES string of the molecule is O=C(Nc1ccc(N2CCCC2=O)cc1)c1ccc(-n2cnc3ccccc32)cc1. The van der Waals surface area contributed by atoms with Gasteiger partial charge in [0.15, 0.2) is 0 Å². The third-order valence-corrected chi connectivity index (χ3v) is 5.37. The first-order chi connectivity index (χ1) is 14.7. The number of benzene rings is 3. The maximum atomic E-state index is 12.6. The van der Waals surface area contributed by atoms with Crippen molar-refractivity contribution < 1.29 is 9.59 Å². The molecule has 1 saturated heterocycles. The number of hydrogen-bond donors (Lipinski definition) is 1. The van der Waals surface area contributed by atoms with Crippen molar-refractivity contribution in [3.05, 3.63) is 84.7 Å². The predicted molar refractivity (Wildman–Crippen MR) is 117 cm³/mol. The second-order valence-corrected chi connectivity index (χ2v) is 7.30. The molecule has 0 unspecified atom stereocenters. The van der Waals surface area contributed by atoms with E-state index < -0.39 is 0 Å². The van der Waals surface area contributed by atoms with Gasteiger partial charge in [0.05, 0.1) is 11.0 Å². The molecule has 6 heteroatoms. The summed E-state index contributed by atoms with van der Waals surface area (Å²) < 4.78 is 2.00. The third-order valence-electron chi connectivity index (χ3n) is 5.37. The van der Waals surface area contributed by atoms with Crippen LogP contribution in [0.25, 0.3) is 16.7 Å². The number of amides is 2. The Morgan fingerprint density at radius 2 is 1.63 bits per heavy atom. The Balaban J connectivity index is 1.30. The van der Waals surface area contributed by atoms with E-state index in [2.05, 4.69) is 10.3 Å². The Morgan fingerprint density at radius 1 is 0.900 bits per heavy atom. The number of anilines is 2. The van der Waals surface area contributed by atoms with Gasteiger partial charge in [-0.2, -0.15) is 0 Å². The zero-order valence-corrected chi connectivity index (χ0v) is 16.3. The number of fused-ring (bicyclic) bond motifs is 1. The molecule has 0 bridgehead atoms. The maximum absolute atomic E-state index is 12.6. The van der Waals surface area contributed by atoms with Crippen LogP contribution in [0.15, 0.2) is 79.1 Å². The summed E-state index contributed by atoms with van der Waals surface area (Å²) in [4.78, 5) is 30.7. The molecule has 1 fully saturated rings. The highest BCUT2D eigenvalue weighted by molar-refractivity contribution is 6.04. The number of carbonyl (C=O) groups is 2. The Kier molecular flexibility index (Phi) is 4.52. The average Bonchev–Trinajstić information content (AvgIpc) is 3.41. The number of rotatable bonds is 4. The third kappa shape index (κ3) is 3.33. The molecule has 1 aliphatic rings. The van der Waals surface area contributed by atoms with Gasteiger partial charge < -0.3 is 10.2 Å². The lowest BCUT2D eigenvalue weighted by atomic mass is 10.1. The summed E-state index contributed by atoms with van der Waals surface area (Å²) in [6.45, 7) is 0.753. The highest BCUT2D eigenvalue weighted by Crippen LogP contribution is 2.23. The smallest absolute Gasteiger partial charge is 0.255 e. The largest absolute Gasteiger partial charge is 0.322 e. The fourth-order valence-corrected chi connectivity index (χ4v) is 3.79. The number of nitrogens with zero attached hydrogens (tertiary/aromatic N) is 3. The first kappa shape index (κ1) is 18.1. The zero-order chi connectivity index (χ0) is 20.5. The van der Waals surface area contributed by atoms with Crippen LogP contribution in [-0.2, 0) is 4.79 Å². The van der Waals surface area contributed by atoms with Crippen molar-refractivity contribution in [1.29, 1.82) is 0 Å². The molecule has 0 saturated carbocycles. The number of para-hydroxylation sites is 2. The van der Waals surface area contributed by atoms with Gasteiger partial charge in [-0.1, -0.05) is 12.1 Å². The summed E-state index contributed by atoms with van der Waals surface area (Å²) in [5.41, 5.74) is 5.03. The molecule has 0 aliphatic carbocycles. The van der Waals surface area contributed by atoms with Crippen LogP contribution in [0.2, 0.25) is 0 Å². The van der Waals surface area contributed by atoms with E-state index in [-0.39, 0.29) is 11.8 Å². The van der Waals surface area contributed by atoms with Gasteiger partial charge >= 0.3 is 0 Å². The quantitative estimate of drug-likeness (QED) is 0.556. The number of carbonyl (C=O) groups excluding carboxylic acids is 2. The molecular weight excluding hydrogens is 376 g/mol.